The first-order valence-electron chi connectivity index (χ1n) is 17.5. The van der Waals surface area contributed by atoms with Crippen molar-refractivity contribution in [2.24, 2.45) is 5.92 Å². The van der Waals surface area contributed by atoms with E-state index in [4.69, 9.17) is 0 Å². The molecule has 0 spiro atoms. The molecule has 0 unspecified atom stereocenters. The number of aromatic amines is 1. The Hall–Kier alpha value is -4.71. The highest BCUT2D eigenvalue weighted by Crippen LogP contribution is 2.26. The number of carbonyl (C=O) groups excluding carboxylic acids is 5. The first kappa shape index (κ1) is 34.2. The number of benzene rings is 2. The highest BCUT2D eigenvalue weighted by atomic mass is 16.3. The molecule has 2 aromatic carbocycles. The van der Waals surface area contributed by atoms with Gasteiger partial charge in [0.15, 0.2) is 0 Å². The van der Waals surface area contributed by atoms with Crippen LogP contribution in [-0.4, -0.2) is 99.8 Å². The Balaban J connectivity index is 1.32. The van der Waals surface area contributed by atoms with E-state index in [-0.39, 0.29) is 57.3 Å². The molecule has 3 aliphatic rings. The third kappa shape index (κ3) is 8.30. The Labute approximate surface area is 286 Å². The van der Waals surface area contributed by atoms with Crippen molar-refractivity contribution in [3.05, 3.63) is 71.9 Å². The van der Waals surface area contributed by atoms with Gasteiger partial charge in [-0.3, -0.25) is 24.0 Å². The Morgan fingerprint density at radius 3 is 2.35 bits per heavy atom. The Morgan fingerprint density at radius 1 is 0.837 bits per heavy atom. The number of hydrogen-bond acceptors (Lipinski definition) is 6. The predicted molar refractivity (Wildman–Crippen MR) is 183 cm³/mol. The number of aliphatic hydroxyl groups is 1. The number of nitrogens with zero attached hydrogens (tertiary/aromatic N) is 2. The van der Waals surface area contributed by atoms with Crippen LogP contribution in [0.15, 0.2) is 60.8 Å². The number of nitrogens with one attached hydrogen (secondary N) is 4. The van der Waals surface area contributed by atoms with E-state index < -0.39 is 47.9 Å². The molecule has 0 radical (unpaired) electrons. The van der Waals surface area contributed by atoms with Gasteiger partial charge in [0, 0.05) is 61.9 Å². The van der Waals surface area contributed by atoms with E-state index in [0.29, 0.717) is 0 Å². The lowest BCUT2D eigenvalue weighted by molar-refractivity contribution is -0.143. The molecule has 5 N–H and O–H groups in total. The Kier molecular flexibility index (Phi) is 10.9. The number of carbonyl (C=O) groups is 5. The first-order valence-corrected chi connectivity index (χ1v) is 17.5. The van der Waals surface area contributed by atoms with E-state index in [1.807, 2.05) is 54.6 Å². The normalized spacial score (nSPS) is 25.1. The van der Waals surface area contributed by atoms with Gasteiger partial charge >= 0.3 is 0 Å². The van der Waals surface area contributed by atoms with Gasteiger partial charge in [0.2, 0.25) is 29.5 Å². The molecule has 2 saturated heterocycles. The quantitative estimate of drug-likeness (QED) is 0.260. The number of para-hydroxylation sites is 1. The van der Waals surface area contributed by atoms with E-state index in [1.54, 1.807) is 6.20 Å². The molecule has 0 bridgehead atoms. The zero-order valence-corrected chi connectivity index (χ0v) is 27.7. The van der Waals surface area contributed by atoms with Crippen LogP contribution in [0, 0.1) is 5.92 Å². The van der Waals surface area contributed by atoms with Gasteiger partial charge in [0.1, 0.15) is 18.1 Å². The summed E-state index contributed by atoms with van der Waals surface area (Å²) < 4.78 is 0. The van der Waals surface area contributed by atoms with Crippen LogP contribution in [0.5, 0.6) is 0 Å². The topological polar surface area (TPSA) is 164 Å². The van der Waals surface area contributed by atoms with Gasteiger partial charge in [0.05, 0.1) is 12.6 Å². The summed E-state index contributed by atoms with van der Waals surface area (Å²) in [5.41, 5.74) is 2.51. The van der Waals surface area contributed by atoms with Crippen molar-refractivity contribution >= 4 is 40.4 Å². The number of aromatic nitrogens is 1. The molecule has 4 atom stereocenters. The van der Waals surface area contributed by atoms with E-state index in [0.717, 1.165) is 60.6 Å². The van der Waals surface area contributed by atoms with Crippen LogP contribution < -0.4 is 16.0 Å². The molecule has 12 heteroatoms. The van der Waals surface area contributed by atoms with Crippen molar-refractivity contribution in [2.45, 2.75) is 82.0 Å². The lowest BCUT2D eigenvalue weighted by Gasteiger charge is -2.30. The summed E-state index contributed by atoms with van der Waals surface area (Å²) in [4.78, 5) is 75.5. The van der Waals surface area contributed by atoms with Crippen LogP contribution in [0.3, 0.4) is 0 Å². The standard InChI is InChI=1S/C37H46N6O6/c44-27-20-32-35(47)41-30(18-24-10-4-3-5-11-24)34(46)38-16-17-42(36(48)25-12-6-1-2-7-13-25)23-33(45)40-31(37(49)43(32)22-27)19-26-21-39-29-15-9-8-14-28(26)29/h3-5,8-11,14-15,21,25,27,30-32,39,44H,1-2,6-7,12-13,16-20,22-23H2,(H,38,46)(H,40,45)(H,41,47)/t27-,30+,31-,32+/m1/s1. The number of rotatable bonds is 5. The summed E-state index contributed by atoms with van der Waals surface area (Å²) in [6.45, 7) is -0.196. The van der Waals surface area contributed by atoms with Gasteiger partial charge in [-0.1, -0.05) is 74.2 Å². The number of amides is 5. The minimum Gasteiger partial charge on any atom is -0.391 e. The maximum absolute atomic E-state index is 14.4. The highest BCUT2D eigenvalue weighted by molar-refractivity contribution is 5.96. The van der Waals surface area contributed by atoms with Crippen LogP contribution >= 0.6 is 0 Å². The van der Waals surface area contributed by atoms with Gasteiger partial charge in [-0.15, -0.1) is 0 Å². The SMILES string of the molecule is O=C1CN(C(=O)C2CCCCCC2)CCNC(=O)[C@H](Cc2ccccc2)NC(=O)[C@@H]2C[C@@H](O)CN2C(=O)[C@@H](Cc2c[nH]c3ccccc23)N1. The van der Waals surface area contributed by atoms with E-state index in [9.17, 15) is 29.1 Å². The van der Waals surface area contributed by atoms with Crippen molar-refractivity contribution in [2.75, 3.05) is 26.2 Å². The molecule has 1 saturated carbocycles. The summed E-state index contributed by atoms with van der Waals surface area (Å²) in [5.74, 6) is -2.37. The molecule has 3 aromatic rings. The van der Waals surface area contributed by atoms with Gasteiger partial charge < -0.3 is 35.8 Å². The predicted octanol–water partition coefficient (Wildman–Crippen LogP) is 1.81. The fourth-order valence-electron chi connectivity index (χ4n) is 7.46. The molecule has 1 aromatic heterocycles. The molecule has 12 nitrogen and oxygen atoms in total. The molecule has 3 heterocycles. The van der Waals surface area contributed by atoms with Gasteiger partial charge in [-0.05, 0) is 30.0 Å². The van der Waals surface area contributed by atoms with Crippen LogP contribution in [0.4, 0.5) is 0 Å². The first-order chi connectivity index (χ1) is 23.8. The Morgan fingerprint density at radius 2 is 1.57 bits per heavy atom. The molecule has 6 rings (SSSR count). The fraction of sp³-hybridized carbons (Fsp3) is 0.486. The maximum atomic E-state index is 14.4. The second-order valence-electron chi connectivity index (χ2n) is 13.6. The lowest BCUT2D eigenvalue weighted by Crippen LogP contribution is -2.57. The fourth-order valence-corrected chi connectivity index (χ4v) is 7.46. The average Bonchev–Trinajstić information content (AvgIpc) is 3.58. The van der Waals surface area contributed by atoms with Crippen molar-refractivity contribution in [3.63, 3.8) is 0 Å². The summed E-state index contributed by atoms with van der Waals surface area (Å²) in [7, 11) is 0. The van der Waals surface area contributed by atoms with Crippen LogP contribution in [0.2, 0.25) is 0 Å². The average molecular weight is 671 g/mol. The molecule has 2 aliphatic heterocycles. The smallest absolute Gasteiger partial charge is 0.246 e. The highest BCUT2D eigenvalue weighted by Gasteiger charge is 2.43. The van der Waals surface area contributed by atoms with Crippen LogP contribution in [0.25, 0.3) is 10.9 Å². The number of H-pyrrole nitrogens is 1. The zero-order chi connectivity index (χ0) is 34.3. The van der Waals surface area contributed by atoms with Crippen molar-refractivity contribution in [1.29, 1.82) is 0 Å². The maximum Gasteiger partial charge on any atom is 0.246 e. The second-order valence-corrected chi connectivity index (χ2v) is 13.6. The minimum atomic E-state index is -1.08. The van der Waals surface area contributed by atoms with E-state index in [1.165, 1.54) is 9.80 Å². The molecular weight excluding hydrogens is 624 g/mol. The van der Waals surface area contributed by atoms with Crippen molar-refractivity contribution in [3.8, 4) is 0 Å². The monoisotopic (exact) mass is 670 g/mol. The summed E-state index contributed by atoms with van der Waals surface area (Å²) in [6.07, 6.45) is 6.68. The number of aliphatic hydroxyl groups excluding tert-OH is 1. The van der Waals surface area contributed by atoms with Gasteiger partial charge in [-0.25, -0.2) is 0 Å². The second kappa shape index (κ2) is 15.7. The Bertz CT molecular complexity index is 1650. The number of hydrogen-bond donors (Lipinski definition) is 5. The minimum absolute atomic E-state index is 0.00529. The summed E-state index contributed by atoms with van der Waals surface area (Å²) in [6, 6.07) is 13.9. The molecule has 1 aliphatic carbocycles. The lowest BCUT2D eigenvalue weighted by atomic mass is 9.98. The molecule has 260 valence electrons. The molecule has 5 amide bonds. The van der Waals surface area contributed by atoms with Crippen molar-refractivity contribution < 1.29 is 29.1 Å². The molecule has 3 fully saturated rings. The van der Waals surface area contributed by atoms with Crippen LogP contribution in [-0.2, 0) is 36.8 Å². The van der Waals surface area contributed by atoms with E-state index in [2.05, 4.69) is 20.9 Å². The van der Waals surface area contributed by atoms with E-state index >= 15 is 0 Å². The largest absolute Gasteiger partial charge is 0.391 e. The van der Waals surface area contributed by atoms with Crippen molar-refractivity contribution in [1.82, 2.24) is 30.7 Å². The van der Waals surface area contributed by atoms with Gasteiger partial charge in [0.25, 0.3) is 0 Å². The van der Waals surface area contributed by atoms with Gasteiger partial charge in [-0.2, -0.15) is 0 Å². The van der Waals surface area contributed by atoms with Crippen LogP contribution in [0.1, 0.15) is 56.1 Å². The zero-order valence-electron chi connectivity index (χ0n) is 27.7. The molecular formula is C37H46N6O6. The third-order valence-electron chi connectivity index (χ3n) is 10.0. The number of fused-ring (bicyclic) bond motifs is 2. The molecule has 49 heavy (non-hydrogen) atoms. The summed E-state index contributed by atoms with van der Waals surface area (Å²) in [5, 5.41) is 20.2. The summed E-state index contributed by atoms with van der Waals surface area (Å²) >= 11 is 0. The third-order valence-corrected chi connectivity index (χ3v) is 10.0.